The van der Waals surface area contributed by atoms with Gasteiger partial charge in [0.2, 0.25) is 0 Å². The largest absolute Gasteiger partial charge is 0.329 e. The lowest BCUT2D eigenvalue weighted by molar-refractivity contribution is 0.696. The summed E-state index contributed by atoms with van der Waals surface area (Å²) >= 11 is 0. The van der Waals surface area contributed by atoms with E-state index in [1.54, 1.807) is 0 Å². The Bertz CT molecular complexity index is 49.0. The highest BCUT2D eigenvalue weighted by atomic mass is 15.0. The highest BCUT2D eigenvalue weighted by Crippen LogP contribution is 1.65. The van der Waals surface area contributed by atoms with Crippen molar-refractivity contribution in [2.24, 2.45) is 11.5 Å². The number of hydrogen-bond donors (Lipinski definition) is 4. The van der Waals surface area contributed by atoms with Crippen molar-refractivity contribution in [3.8, 4) is 0 Å². The van der Waals surface area contributed by atoms with Gasteiger partial charge >= 0.3 is 0 Å². The Balaban J connectivity index is 0.000000219. The Kier molecular flexibility index (Phi) is 8.70. The molecular formula is C6H18N4. The van der Waals surface area contributed by atoms with E-state index in [1.807, 2.05) is 0 Å². The highest BCUT2D eigenvalue weighted by molar-refractivity contribution is 4.58. The van der Waals surface area contributed by atoms with Gasteiger partial charge in [-0.25, -0.2) is 0 Å². The van der Waals surface area contributed by atoms with E-state index in [1.165, 1.54) is 13.1 Å². The molecule has 10 heavy (non-hydrogen) atoms. The molecule has 1 rings (SSSR count). The highest BCUT2D eigenvalue weighted by Gasteiger charge is 1.91. The van der Waals surface area contributed by atoms with E-state index >= 15 is 0 Å². The second-order valence-electron chi connectivity index (χ2n) is 2.08. The molecule has 0 aromatic carbocycles. The van der Waals surface area contributed by atoms with Gasteiger partial charge in [-0.1, -0.05) is 0 Å². The minimum absolute atomic E-state index is 0.694. The number of nitrogens with one attached hydrogen (secondary N) is 2. The summed E-state index contributed by atoms with van der Waals surface area (Å²) in [7, 11) is 0. The van der Waals surface area contributed by atoms with Gasteiger partial charge in [-0.15, -0.1) is 0 Å². The molecule has 1 fully saturated rings. The van der Waals surface area contributed by atoms with Gasteiger partial charge in [0.15, 0.2) is 0 Å². The van der Waals surface area contributed by atoms with Crippen LogP contribution in [0.3, 0.4) is 0 Å². The molecule has 4 nitrogen and oxygen atoms in total. The van der Waals surface area contributed by atoms with Crippen LogP contribution in [0.25, 0.3) is 0 Å². The van der Waals surface area contributed by atoms with Crippen molar-refractivity contribution in [1.29, 1.82) is 0 Å². The standard InChI is InChI=1S/C4H13N3.C2H5N/c5-1-3-7-4-2-6;1-2-3-1/h7H,1-6H2;3H,1-2H2. The van der Waals surface area contributed by atoms with E-state index in [-0.39, 0.29) is 0 Å². The van der Waals surface area contributed by atoms with Crippen LogP contribution in [0.4, 0.5) is 0 Å². The Labute approximate surface area is 62.3 Å². The summed E-state index contributed by atoms with van der Waals surface area (Å²) in [5.74, 6) is 0. The second kappa shape index (κ2) is 8.84. The maximum Gasteiger partial charge on any atom is 0.00772 e. The zero-order valence-electron chi connectivity index (χ0n) is 6.40. The van der Waals surface area contributed by atoms with E-state index in [0.717, 1.165) is 13.1 Å². The van der Waals surface area contributed by atoms with Crippen LogP contribution in [-0.4, -0.2) is 39.3 Å². The molecule has 0 radical (unpaired) electrons. The monoisotopic (exact) mass is 146 g/mol. The molecular weight excluding hydrogens is 128 g/mol. The van der Waals surface area contributed by atoms with Gasteiger partial charge in [-0.3, -0.25) is 0 Å². The van der Waals surface area contributed by atoms with Crippen LogP contribution >= 0.6 is 0 Å². The SMILES string of the molecule is C1CN1.NCCNCCN. The van der Waals surface area contributed by atoms with E-state index < -0.39 is 0 Å². The summed E-state index contributed by atoms with van der Waals surface area (Å²) < 4.78 is 0. The molecule has 62 valence electrons. The predicted molar refractivity (Wildman–Crippen MR) is 43.8 cm³/mol. The summed E-state index contributed by atoms with van der Waals surface area (Å²) in [5, 5.41) is 6.03. The normalized spacial score (nSPS) is 13.8. The van der Waals surface area contributed by atoms with E-state index in [4.69, 9.17) is 11.5 Å². The molecule has 1 aliphatic heterocycles. The molecule has 6 N–H and O–H groups in total. The van der Waals surface area contributed by atoms with Gasteiger partial charge < -0.3 is 22.1 Å². The molecule has 0 saturated carbocycles. The third-order valence-corrected chi connectivity index (χ3v) is 0.892. The first-order valence-corrected chi connectivity index (χ1v) is 3.73. The van der Waals surface area contributed by atoms with E-state index in [2.05, 4.69) is 10.6 Å². The smallest absolute Gasteiger partial charge is 0.00772 e. The molecule has 0 aliphatic carbocycles. The third kappa shape index (κ3) is 15.7. The molecule has 1 aliphatic rings. The third-order valence-electron chi connectivity index (χ3n) is 0.892. The molecule has 0 aromatic heterocycles. The van der Waals surface area contributed by atoms with Crippen molar-refractivity contribution in [3.63, 3.8) is 0 Å². The average molecular weight is 146 g/mol. The van der Waals surface area contributed by atoms with Crippen LogP contribution in [0.2, 0.25) is 0 Å². The molecule has 1 heterocycles. The van der Waals surface area contributed by atoms with Gasteiger partial charge in [-0.2, -0.15) is 0 Å². The molecule has 0 amide bonds. The van der Waals surface area contributed by atoms with Crippen molar-refractivity contribution in [3.05, 3.63) is 0 Å². The second-order valence-corrected chi connectivity index (χ2v) is 2.08. The molecule has 0 atom stereocenters. The zero-order chi connectivity index (χ0) is 7.66. The van der Waals surface area contributed by atoms with Gasteiger partial charge in [0.1, 0.15) is 0 Å². The fourth-order valence-electron chi connectivity index (χ4n) is 0.329. The lowest BCUT2D eigenvalue weighted by Gasteiger charge is -1.95. The summed E-state index contributed by atoms with van der Waals surface area (Å²) in [5.41, 5.74) is 10.3. The van der Waals surface area contributed by atoms with Gasteiger partial charge in [-0.05, 0) is 0 Å². The van der Waals surface area contributed by atoms with Crippen molar-refractivity contribution in [1.82, 2.24) is 10.6 Å². The van der Waals surface area contributed by atoms with Crippen molar-refractivity contribution in [2.75, 3.05) is 39.3 Å². The summed E-state index contributed by atoms with van der Waals surface area (Å²) in [6, 6.07) is 0. The summed E-state index contributed by atoms with van der Waals surface area (Å²) in [6.07, 6.45) is 0. The van der Waals surface area contributed by atoms with Crippen LogP contribution in [0, 0.1) is 0 Å². The Morgan fingerprint density at radius 1 is 1.10 bits per heavy atom. The lowest BCUT2D eigenvalue weighted by atomic mass is 10.6. The molecule has 0 unspecified atom stereocenters. The van der Waals surface area contributed by atoms with Crippen LogP contribution in [0.1, 0.15) is 0 Å². The van der Waals surface area contributed by atoms with E-state index in [9.17, 15) is 0 Å². The number of rotatable bonds is 4. The van der Waals surface area contributed by atoms with Crippen molar-refractivity contribution in [2.45, 2.75) is 0 Å². The Morgan fingerprint density at radius 2 is 1.50 bits per heavy atom. The zero-order valence-corrected chi connectivity index (χ0v) is 6.40. The van der Waals surface area contributed by atoms with Crippen molar-refractivity contribution >= 4 is 0 Å². The maximum atomic E-state index is 5.17. The molecule has 4 heteroatoms. The molecule has 0 bridgehead atoms. The van der Waals surface area contributed by atoms with Crippen LogP contribution in [-0.2, 0) is 0 Å². The Hall–Kier alpha value is -0.160. The average Bonchev–Trinajstić information content (AvgIpc) is 2.73. The first kappa shape index (κ1) is 9.84. The van der Waals surface area contributed by atoms with Crippen LogP contribution < -0.4 is 22.1 Å². The minimum atomic E-state index is 0.694. The Morgan fingerprint density at radius 3 is 1.70 bits per heavy atom. The fraction of sp³-hybridized carbons (Fsp3) is 1.00. The van der Waals surface area contributed by atoms with Gasteiger partial charge in [0.25, 0.3) is 0 Å². The first-order valence-electron chi connectivity index (χ1n) is 3.73. The first-order chi connectivity index (χ1) is 4.91. The summed E-state index contributed by atoms with van der Waals surface area (Å²) in [6.45, 7) is 5.63. The summed E-state index contributed by atoms with van der Waals surface area (Å²) in [4.78, 5) is 0. The maximum absolute atomic E-state index is 5.17. The molecule has 1 saturated heterocycles. The molecule has 0 aromatic rings. The lowest BCUT2D eigenvalue weighted by Crippen LogP contribution is -2.27. The quantitative estimate of drug-likeness (QED) is 0.275. The van der Waals surface area contributed by atoms with Gasteiger partial charge in [0, 0.05) is 39.3 Å². The number of hydrogen-bond acceptors (Lipinski definition) is 4. The van der Waals surface area contributed by atoms with E-state index in [0.29, 0.717) is 13.1 Å². The predicted octanol–water partition coefficient (Wildman–Crippen LogP) is -1.92. The van der Waals surface area contributed by atoms with Crippen LogP contribution in [0.5, 0.6) is 0 Å². The molecule has 0 spiro atoms. The minimum Gasteiger partial charge on any atom is -0.329 e. The number of nitrogens with two attached hydrogens (primary N) is 2. The fourth-order valence-corrected chi connectivity index (χ4v) is 0.329. The van der Waals surface area contributed by atoms with Crippen LogP contribution in [0.15, 0.2) is 0 Å². The topological polar surface area (TPSA) is 86.0 Å². The van der Waals surface area contributed by atoms with Gasteiger partial charge in [0.05, 0.1) is 0 Å². The van der Waals surface area contributed by atoms with Crippen molar-refractivity contribution < 1.29 is 0 Å².